The van der Waals surface area contributed by atoms with E-state index in [2.05, 4.69) is 12.2 Å². The number of ether oxygens (including phenoxy) is 5. The summed E-state index contributed by atoms with van der Waals surface area (Å²) in [4.78, 5) is 0. The van der Waals surface area contributed by atoms with Crippen LogP contribution in [0.3, 0.4) is 0 Å². The van der Waals surface area contributed by atoms with Crippen molar-refractivity contribution < 1.29 is 23.7 Å². The Morgan fingerprint density at radius 1 is 0.545 bits per heavy atom. The summed E-state index contributed by atoms with van der Waals surface area (Å²) in [5.74, 6) is 0. The molecule has 0 fully saturated rings. The Labute approximate surface area is 135 Å². The standard InChI is InChI=1S/C16H35NO5/c1-3-17-7-10-21-15-13-19-8-5-6-9-20-14-16-22-12-11-18-4-2/h17H,3-16H2,1-2H3. The molecule has 0 saturated heterocycles. The highest BCUT2D eigenvalue weighted by atomic mass is 16.5. The van der Waals surface area contributed by atoms with Crippen molar-refractivity contribution in [1.82, 2.24) is 5.32 Å². The topological polar surface area (TPSA) is 58.2 Å². The van der Waals surface area contributed by atoms with Crippen LogP contribution in [0.4, 0.5) is 0 Å². The lowest BCUT2D eigenvalue weighted by atomic mass is 10.3. The van der Waals surface area contributed by atoms with Gasteiger partial charge >= 0.3 is 0 Å². The van der Waals surface area contributed by atoms with Crippen molar-refractivity contribution in [3.63, 3.8) is 0 Å². The van der Waals surface area contributed by atoms with Crippen molar-refractivity contribution in [3.05, 3.63) is 0 Å². The van der Waals surface area contributed by atoms with E-state index in [9.17, 15) is 0 Å². The molecular formula is C16H35NO5. The van der Waals surface area contributed by atoms with Crippen LogP contribution in [-0.4, -0.2) is 79.2 Å². The lowest BCUT2D eigenvalue weighted by Crippen LogP contribution is -2.20. The molecule has 0 bridgehead atoms. The van der Waals surface area contributed by atoms with Crippen molar-refractivity contribution in [2.45, 2.75) is 26.7 Å². The van der Waals surface area contributed by atoms with Gasteiger partial charge in [0.25, 0.3) is 0 Å². The molecule has 0 aliphatic carbocycles. The molecule has 0 saturated carbocycles. The number of nitrogens with one attached hydrogen (secondary N) is 1. The molecule has 0 aromatic carbocycles. The van der Waals surface area contributed by atoms with E-state index in [1.165, 1.54) is 0 Å². The molecule has 0 unspecified atom stereocenters. The average Bonchev–Trinajstić information content (AvgIpc) is 2.54. The highest BCUT2D eigenvalue weighted by Gasteiger charge is 1.93. The lowest BCUT2D eigenvalue weighted by Gasteiger charge is -2.07. The monoisotopic (exact) mass is 321 g/mol. The van der Waals surface area contributed by atoms with Gasteiger partial charge in [-0.3, -0.25) is 0 Å². The fourth-order valence-electron chi connectivity index (χ4n) is 1.64. The van der Waals surface area contributed by atoms with Crippen molar-refractivity contribution in [1.29, 1.82) is 0 Å². The summed E-state index contributed by atoms with van der Waals surface area (Å²) in [6, 6.07) is 0. The first-order valence-electron chi connectivity index (χ1n) is 8.51. The first-order valence-corrected chi connectivity index (χ1v) is 8.51. The molecule has 0 aromatic heterocycles. The number of likely N-dealkylation sites (N-methyl/N-ethyl adjacent to an activating group) is 1. The molecule has 0 radical (unpaired) electrons. The highest BCUT2D eigenvalue weighted by molar-refractivity contribution is 4.42. The van der Waals surface area contributed by atoms with Gasteiger partial charge in [-0.25, -0.2) is 0 Å². The summed E-state index contributed by atoms with van der Waals surface area (Å²) < 4.78 is 26.9. The minimum Gasteiger partial charge on any atom is -0.379 e. The van der Waals surface area contributed by atoms with Gasteiger partial charge in [-0.15, -0.1) is 0 Å². The Morgan fingerprint density at radius 3 is 1.50 bits per heavy atom. The van der Waals surface area contributed by atoms with Crippen LogP contribution in [0.5, 0.6) is 0 Å². The van der Waals surface area contributed by atoms with Crippen LogP contribution in [0.15, 0.2) is 0 Å². The van der Waals surface area contributed by atoms with E-state index in [-0.39, 0.29) is 0 Å². The van der Waals surface area contributed by atoms with Gasteiger partial charge in [-0.1, -0.05) is 6.92 Å². The van der Waals surface area contributed by atoms with E-state index in [0.29, 0.717) is 39.6 Å². The molecule has 0 heterocycles. The summed E-state index contributed by atoms with van der Waals surface area (Å²) >= 11 is 0. The first kappa shape index (κ1) is 21.8. The predicted octanol–water partition coefficient (Wildman–Crippen LogP) is 1.48. The van der Waals surface area contributed by atoms with Gasteiger partial charge in [0.05, 0.1) is 46.2 Å². The Bertz CT molecular complexity index is 175. The Hall–Kier alpha value is -0.240. The summed E-state index contributed by atoms with van der Waals surface area (Å²) in [5.41, 5.74) is 0. The third-order valence-corrected chi connectivity index (χ3v) is 2.82. The normalized spacial score (nSPS) is 11.2. The summed E-state index contributed by atoms with van der Waals surface area (Å²) in [7, 11) is 0. The Balaban J connectivity index is 2.91. The molecule has 0 aromatic rings. The Kier molecular flexibility index (Phi) is 20.5. The molecule has 0 amide bonds. The SMILES string of the molecule is CCNCCOCCOCCCCOCCOCCOCC. The van der Waals surface area contributed by atoms with Crippen molar-refractivity contribution in [2.24, 2.45) is 0 Å². The van der Waals surface area contributed by atoms with Crippen LogP contribution in [0, 0.1) is 0 Å². The molecule has 0 spiro atoms. The second kappa shape index (κ2) is 20.8. The minimum absolute atomic E-state index is 0.633. The van der Waals surface area contributed by atoms with Gasteiger partial charge in [0.1, 0.15) is 0 Å². The highest BCUT2D eigenvalue weighted by Crippen LogP contribution is 1.92. The van der Waals surface area contributed by atoms with E-state index >= 15 is 0 Å². The third-order valence-electron chi connectivity index (χ3n) is 2.82. The van der Waals surface area contributed by atoms with Gasteiger partial charge in [-0.05, 0) is 26.3 Å². The van der Waals surface area contributed by atoms with Gasteiger partial charge in [0, 0.05) is 26.4 Å². The zero-order chi connectivity index (χ0) is 16.1. The van der Waals surface area contributed by atoms with E-state index in [0.717, 1.165) is 52.4 Å². The Morgan fingerprint density at radius 2 is 1.00 bits per heavy atom. The van der Waals surface area contributed by atoms with Crippen molar-refractivity contribution in [2.75, 3.05) is 79.2 Å². The summed E-state index contributed by atoms with van der Waals surface area (Å²) in [6.07, 6.45) is 2.03. The average molecular weight is 321 g/mol. The summed E-state index contributed by atoms with van der Waals surface area (Å²) in [6.45, 7) is 12.9. The van der Waals surface area contributed by atoms with Gasteiger partial charge in [-0.2, -0.15) is 0 Å². The van der Waals surface area contributed by atoms with Crippen LogP contribution in [-0.2, 0) is 23.7 Å². The molecule has 0 rings (SSSR count). The van der Waals surface area contributed by atoms with Crippen molar-refractivity contribution >= 4 is 0 Å². The second-order valence-electron chi connectivity index (χ2n) is 4.71. The molecule has 6 nitrogen and oxygen atoms in total. The van der Waals surface area contributed by atoms with Crippen LogP contribution in [0.1, 0.15) is 26.7 Å². The van der Waals surface area contributed by atoms with E-state index in [1.54, 1.807) is 0 Å². The van der Waals surface area contributed by atoms with Gasteiger partial charge in [0.15, 0.2) is 0 Å². The molecule has 22 heavy (non-hydrogen) atoms. The smallest absolute Gasteiger partial charge is 0.0701 e. The number of hydrogen-bond donors (Lipinski definition) is 1. The summed E-state index contributed by atoms with van der Waals surface area (Å²) in [5, 5.41) is 3.21. The van der Waals surface area contributed by atoms with E-state index < -0.39 is 0 Å². The zero-order valence-corrected chi connectivity index (χ0v) is 14.4. The molecule has 0 aliphatic rings. The number of hydrogen-bond acceptors (Lipinski definition) is 6. The van der Waals surface area contributed by atoms with Crippen LogP contribution in [0.2, 0.25) is 0 Å². The second-order valence-corrected chi connectivity index (χ2v) is 4.71. The van der Waals surface area contributed by atoms with Gasteiger partial charge < -0.3 is 29.0 Å². The first-order chi connectivity index (χ1) is 10.9. The fourth-order valence-corrected chi connectivity index (χ4v) is 1.64. The molecule has 1 N–H and O–H groups in total. The van der Waals surface area contributed by atoms with Crippen LogP contribution >= 0.6 is 0 Å². The number of unbranched alkanes of at least 4 members (excludes halogenated alkanes) is 1. The molecule has 0 atom stereocenters. The molecule has 134 valence electrons. The van der Waals surface area contributed by atoms with E-state index in [1.807, 2.05) is 6.92 Å². The maximum absolute atomic E-state index is 5.48. The number of rotatable bonds is 19. The van der Waals surface area contributed by atoms with Crippen LogP contribution in [0.25, 0.3) is 0 Å². The van der Waals surface area contributed by atoms with E-state index in [4.69, 9.17) is 23.7 Å². The van der Waals surface area contributed by atoms with Crippen LogP contribution < -0.4 is 5.32 Å². The maximum Gasteiger partial charge on any atom is 0.0701 e. The molecular weight excluding hydrogens is 286 g/mol. The minimum atomic E-state index is 0.633. The zero-order valence-electron chi connectivity index (χ0n) is 14.4. The van der Waals surface area contributed by atoms with Crippen molar-refractivity contribution in [3.8, 4) is 0 Å². The molecule has 0 aliphatic heterocycles. The largest absolute Gasteiger partial charge is 0.379 e. The molecule has 6 heteroatoms. The quantitative estimate of drug-likeness (QED) is 0.364. The lowest BCUT2D eigenvalue weighted by molar-refractivity contribution is 0.0137. The predicted molar refractivity (Wildman–Crippen MR) is 87.5 cm³/mol. The third kappa shape index (κ3) is 19.8. The maximum atomic E-state index is 5.48. The fraction of sp³-hybridized carbons (Fsp3) is 1.00. The van der Waals surface area contributed by atoms with Gasteiger partial charge in [0.2, 0.25) is 0 Å².